The highest BCUT2D eigenvalue weighted by Crippen LogP contribution is 2.18. The van der Waals surface area contributed by atoms with Crippen LogP contribution in [0.15, 0.2) is 35.3 Å². The monoisotopic (exact) mass is 173 g/mol. The van der Waals surface area contributed by atoms with Gasteiger partial charge in [-0.05, 0) is 12.1 Å². The van der Waals surface area contributed by atoms with Gasteiger partial charge in [0.05, 0.1) is 5.57 Å². The van der Waals surface area contributed by atoms with Crippen LogP contribution in [0.5, 0.6) is 0 Å². The Morgan fingerprint density at radius 3 is 2.92 bits per heavy atom. The fraction of sp³-hybridized carbons (Fsp3) is 0. The third kappa shape index (κ3) is 1.24. The molecule has 1 heterocycles. The molecule has 1 aromatic carbocycles. The number of allylic oxidation sites excluding steroid dienone is 1. The van der Waals surface area contributed by atoms with Crippen LogP contribution < -0.4 is 0 Å². The van der Waals surface area contributed by atoms with Crippen LogP contribution in [0.2, 0.25) is 0 Å². The summed E-state index contributed by atoms with van der Waals surface area (Å²) in [6.07, 6.45) is 0.630. The van der Waals surface area contributed by atoms with E-state index in [0.29, 0.717) is 11.9 Å². The predicted octanol–water partition coefficient (Wildman–Crippen LogP) is 2.04. The lowest BCUT2D eigenvalue weighted by molar-refractivity contribution is -0.103. The van der Waals surface area contributed by atoms with E-state index in [0.717, 1.165) is 5.52 Å². The van der Waals surface area contributed by atoms with Crippen molar-refractivity contribution in [3.8, 4) is 0 Å². The van der Waals surface area contributed by atoms with Gasteiger partial charge in [-0.1, -0.05) is 18.7 Å². The van der Waals surface area contributed by atoms with Crippen molar-refractivity contribution < 1.29 is 9.21 Å². The fourth-order valence-corrected chi connectivity index (χ4v) is 1.06. The Bertz CT molecular complexity index is 437. The summed E-state index contributed by atoms with van der Waals surface area (Å²) in [7, 11) is 0. The van der Waals surface area contributed by atoms with Crippen molar-refractivity contribution >= 4 is 23.0 Å². The number of aldehydes is 1. The van der Waals surface area contributed by atoms with Gasteiger partial charge in [0.25, 0.3) is 0 Å². The Kier molecular flexibility index (Phi) is 1.70. The Labute approximate surface area is 74.7 Å². The molecule has 13 heavy (non-hydrogen) atoms. The van der Waals surface area contributed by atoms with E-state index in [-0.39, 0.29) is 11.5 Å². The van der Waals surface area contributed by atoms with Crippen LogP contribution in [0, 0.1) is 0 Å². The normalized spacial score (nSPS) is 10.2. The van der Waals surface area contributed by atoms with Crippen LogP contribution in [0.1, 0.15) is 5.89 Å². The Morgan fingerprint density at radius 2 is 2.23 bits per heavy atom. The summed E-state index contributed by atoms with van der Waals surface area (Å²) in [6.45, 7) is 3.51. The summed E-state index contributed by atoms with van der Waals surface area (Å²) in [4.78, 5) is 14.5. The van der Waals surface area contributed by atoms with E-state index < -0.39 is 0 Å². The SMILES string of the molecule is C=C(C=O)c1nc2ccccc2o1. The molecule has 0 atom stereocenters. The zero-order valence-electron chi connectivity index (χ0n) is 6.86. The van der Waals surface area contributed by atoms with Gasteiger partial charge in [-0.15, -0.1) is 0 Å². The second-order valence-corrected chi connectivity index (χ2v) is 2.63. The fourth-order valence-electron chi connectivity index (χ4n) is 1.06. The molecular formula is C10H7NO2. The predicted molar refractivity (Wildman–Crippen MR) is 49.1 cm³/mol. The molecule has 0 bridgehead atoms. The summed E-state index contributed by atoms with van der Waals surface area (Å²) in [5, 5.41) is 0. The van der Waals surface area contributed by atoms with Crippen LogP contribution in [-0.4, -0.2) is 11.3 Å². The molecule has 2 rings (SSSR count). The van der Waals surface area contributed by atoms with E-state index >= 15 is 0 Å². The molecule has 0 aliphatic carbocycles. The number of rotatable bonds is 2. The lowest BCUT2D eigenvalue weighted by Gasteiger charge is -1.84. The summed E-state index contributed by atoms with van der Waals surface area (Å²) in [6, 6.07) is 7.32. The minimum atomic E-state index is 0.260. The van der Waals surface area contributed by atoms with Crippen molar-refractivity contribution in [1.82, 2.24) is 4.98 Å². The summed E-state index contributed by atoms with van der Waals surface area (Å²) in [5.74, 6) is 0.288. The number of aromatic nitrogens is 1. The molecule has 0 N–H and O–H groups in total. The quantitative estimate of drug-likeness (QED) is 0.515. The van der Waals surface area contributed by atoms with E-state index in [2.05, 4.69) is 11.6 Å². The average Bonchev–Trinajstić information content (AvgIpc) is 2.59. The highest BCUT2D eigenvalue weighted by Gasteiger charge is 2.06. The van der Waals surface area contributed by atoms with Crippen molar-refractivity contribution in [2.75, 3.05) is 0 Å². The van der Waals surface area contributed by atoms with Crippen LogP contribution >= 0.6 is 0 Å². The lowest BCUT2D eigenvalue weighted by Crippen LogP contribution is -1.81. The van der Waals surface area contributed by atoms with E-state index in [1.54, 1.807) is 6.07 Å². The van der Waals surface area contributed by atoms with Crippen molar-refractivity contribution in [2.45, 2.75) is 0 Å². The number of benzene rings is 1. The second kappa shape index (κ2) is 2.86. The molecule has 64 valence electrons. The molecule has 0 saturated heterocycles. The molecule has 0 fully saturated rings. The lowest BCUT2D eigenvalue weighted by atomic mass is 10.3. The minimum Gasteiger partial charge on any atom is -0.436 e. The van der Waals surface area contributed by atoms with Crippen molar-refractivity contribution in [3.63, 3.8) is 0 Å². The van der Waals surface area contributed by atoms with Gasteiger partial charge in [-0.25, -0.2) is 4.98 Å². The zero-order chi connectivity index (χ0) is 9.26. The summed E-state index contributed by atoms with van der Waals surface area (Å²) in [5.41, 5.74) is 1.66. The first-order valence-corrected chi connectivity index (χ1v) is 3.81. The average molecular weight is 173 g/mol. The molecular weight excluding hydrogens is 166 g/mol. The molecule has 0 spiro atoms. The van der Waals surface area contributed by atoms with E-state index in [1.807, 2.05) is 18.2 Å². The van der Waals surface area contributed by atoms with Gasteiger partial charge >= 0.3 is 0 Å². The first-order chi connectivity index (χ1) is 6.31. The van der Waals surface area contributed by atoms with Crippen LogP contribution in [0.3, 0.4) is 0 Å². The van der Waals surface area contributed by atoms with Gasteiger partial charge in [-0.2, -0.15) is 0 Å². The number of nitrogens with zero attached hydrogens (tertiary/aromatic N) is 1. The van der Waals surface area contributed by atoms with Gasteiger partial charge in [0, 0.05) is 0 Å². The van der Waals surface area contributed by atoms with Gasteiger partial charge in [0.1, 0.15) is 5.52 Å². The number of oxazole rings is 1. The largest absolute Gasteiger partial charge is 0.436 e. The molecule has 0 unspecified atom stereocenters. The molecule has 3 nitrogen and oxygen atoms in total. The number of hydrogen-bond acceptors (Lipinski definition) is 3. The third-order valence-corrected chi connectivity index (χ3v) is 1.71. The maximum Gasteiger partial charge on any atom is 0.230 e. The second-order valence-electron chi connectivity index (χ2n) is 2.63. The van der Waals surface area contributed by atoms with Gasteiger partial charge in [0.15, 0.2) is 11.9 Å². The molecule has 0 radical (unpaired) electrons. The number of carbonyl (C=O) groups is 1. The number of fused-ring (bicyclic) bond motifs is 1. The maximum atomic E-state index is 10.4. The van der Waals surface area contributed by atoms with Gasteiger partial charge < -0.3 is 4.42 Å². The first kappa shape index (κ1) is 7.73. The Hall–Kier alpha value is -1.90. The summed E-state index contributed by atoms with van der Waals surface area (Å²) < 4.78 is 5.28. The molecule has 2 aromatic rings. The molecule has 0 aliphatic heterocycles. The van der Waals surface area contributed by atoms with Gasteiger partial charge in [0.2, 0.25) is 5.89 Å². The molecule has 0 amide bonds. The summed E-state index contributed by atoms with van der Waals surface area (Å²) >= 11 is 0. The van der Waals surface area contributed by atoms with Crippen LogP contribution in [0.4, 0.5) is 0 Å². The molecule has 1 aromatic heterocycles. The number of hydrogen-bond donors (Lipinski definition) is 0. The van der Waals surface area contributed by atoms with Crippen LogP contribution in [0.25, 0.3) is 16.7 Å². The molecule has 3 heteroatoms. The maximum absolute atomic E-state index is 10.4. The highest BCUT2D eigenvalue weighted by atomic mass is 16.3. The number of carbonyl (C=O) groups excluding carboxylic acids is 1. The number of para-hydroxylation sites is 2. The zero-order valence-corrected chi connectivity index (χ0v) is 6.86. The van der Waals surface area contributed by atoms with E-state index in [1.165, 1.54) is 0 Å². The van der Waals surface area contributed by atoms with Crippen LogP contribution in [-0.2, 0) is 4.79 Å². The first-order valence-electron chi connectivity index (χ1n) is 3.81. The van der Waals surface area contributed by atoms with E-state index in [9.17, 15) is 4.79 Å². The van der Waals surface area contributed by atoms with E-state index in [4.69, 9.17) is 4.42 Å². The van der Waals surface area contributed by atoms with Crippen molar-refractivity contribution in [2.24, 2.45) is 0 Å². The van der Waals surface area contributed by atoms with Crippen molar-refractivity contribution in [3.05, 3.63) is 36.7 Å². The minimum absolute atomic E-state index is 0.260. The Balaban J connectivity index is 2.62. The van der Waals surface area contributed by atoms with Gasteiger partial charge in [-0.3, -0.25) is 4.79 Å². The molecule has 0 aliphatic rings. The third-order valence-electron chi connectivity index (χ3n) is 1.71. The highest BCUT2D eigenvalue weighted by molar-refractivity contribution is 6.04. The van der Waals surface area contributed by atoms with Crippen molar-refractivity contribution in [1.29, 1.82) is 0 Å². The standard InChI is InChI=1S/C10H7NO2/c1-7(6-12)10-11-8-4-2-3-5-9(8)13-10/h2-6H,1H2. The Morgan fingerprint density at radius 1 is 1.46 bits per heavy atom. The molecule has 0 saturated carbocycles. The smallest absolute Gasteiger partial charge is 0.230 e. The topological polar surface area (TPSA) is 43.1 Å².